The number of rotatable bonds is 3. The third-order valence-electron chi connectivity index (χ3n) is 5.98. The quantitative estimate of drug-likeness (QED) is 0.579. The van der Waals surface area contributed by atoms with Gasteiger partial charge in [-0.1, -0.05) is 5.92 Å². The predicted molar refractivity (Wildman–Crippen MR) is 117 cm³/mol. The topological polar surface area (TPSA) is 112 Å². The smallest absolute Gasteiger partial charge is 0.309 e. The van der Waals surface area contributed by atoms with Crippen molar-refractivity contribution in [1.82, 2.24) is 24.5 Å². The number of piperazine rings is 1. The number of nitrogens with one attached hydrogen (secondary N) is 2. The molecule has 166 valence electrons. The molecule has 32 heavy (non-hydrogen) atoms. The molecule has 10 heteroatoms. The molecule has 1 unspecified atom stereocenters. The largest absolute Gasteiger partial charge is 0.436 e. The lowest BCUT2D eigenvalue weighted by atomic mass is 10.1. The second kappa shape index (κ2) is 7.78. The Kier molecular flexibility index (Phi) is 5.04. The number of hydrogen-bond donors (Lipinski definition) is 2. The van der Waals surface area contributed by atoms with E-state index in [1.54, 1.807) is 29.2 Å². The number of oxazole rings is 1. The second-order valence-corrected chi connectivity index (χ2v) is 10.1. The molecule has 0 saturated carbocycles. The van der Waals surface area contributed by atoms with E-state index in [1.165, 1.54) is 4.31 Å². The van der Waals surface area contributed by atoms with Crippen molar-refractivity contribution < 1.29 is 17.6 Å². The summed E-state index contributed by atoms with van der Waals surface area (Å²) in [4.78, 5) is 21.8. The Hall–Kier alpha value is -3.13. The van der Waals surface area contributed by atoms with Gasteiger partial charge >= 0.3 is 5.91 Å². The fourth-order valence-electron chi connectivity index (χ4n) is 4.14. The highest BCUT2D eigenvalue weighted by Crippen LogP contribution is 2.24. The number of carbonyl (C=O) groups excluding carboxylic acids is 1. The van der Waals surface area contributed by atoms with Crippen LogP contribution >= 0.6 is 0 Å². The molecule has 2 aromatic heterocycles. The average molecular weight is 454 g/mol. The molecule has 1 aromatic carbocycles. The number of hydrogen-bond acceptors (Lipinski definition) is 6. The number of carbonyl (C=O) groups is 1. The summed E-state index contributed by atoms with van der Waals surface area (Å²) in [6.07, 6.45) is 6.14. The Morgan fingerprint density at radius 1 is 1.25 bits per heavy atom. The molecule has 1 atom stereocenters. The van der Waals surface area contributed by atoms with Crippen molar-refractivity contribution in [3.63, 3.8) is 0 Å². The van der Waals surface area contributed by atoms with Crippen LogP contribution in [0.15, 0.2) is 33.7 Å². The maximum absolute atomic E-state index is 13.1. The van der Waals surface area contributed by atoms with Crippen LogP contribution in [-0.2, 0) is 23.0 Å². The fourth-order valence-corrected chi connectivity index (χ4v) is 5.58. The lowest BCUT2D eigenvalue weighted by molar-refractivity contribution is 0.0655. The van der Waals surface area contributed by atoms with E-state index in [4.69, 9.17) is 10.8 Å². The molecule has 1 fully saturated rings. The summed E-state index contributed by atoms with van der Waals surface area (Å²) in [5, 5.41) is 4.13. The third kappa shape index (κ3) is 3.58. The van der Waals surface area contributed by atoms with Gasteiger partial charge in [-0.15, -0.1) is 6.42 Å². The molecular formula is C22H23N5O4S. The summed E-state index contributed by atoms with van der Waals surface area (Å²) in [6, 6.07) is 7.18. The third-order valence-corrected chi connectivity index (χ3v) is 7.80. The fraction of sp³-hybridized carbons (Fsp3) is 0.364. The lowest BCUT2D eigenvalue weighted by Gasteiger charge is -2.33. The summed E-state index contributed by atoms with van der Waals surface area (Å²) >= 11 is 0. The van der Waals surface area contributed by atoms with E-state index in [9.17, 15) is 13.2 Å². The number of nitrogens with zero attached hydrogens (tertiary/aromatic N) is 3. The summed E-state index contributed by atoms with van der Waals surface area (Å²) in [5.41, 5.74) is 2.20. The number of H-pyrrole nitrogens is 1. The van der Waals surface area contributed by atoms with Gasteiger partial charge in [0.15, 0.2) is 0 Å². The zero-order valence-electron chi connectivity index (χ0n) is 17.6. The van der Waals surface area contributed by atoms with E-state index >= 15 is 0 Å². The summed E-state index contributed by atoms with van der Waals surface area (Å²) in [6.45, 7) is 3.52. The second-order valence-electron chi connectivity index (χ2n) is 8.15. The van der Waals surface area contributed by atoms with Crippen molar-refractivity contribution >= 4 is 26.8 Å². The summed E-state index contributed by atoms with van der Waals surface area (Å²) < 4.78 is 33.3. The average Bonchev–Trinajstić information content (AvgIpc) is 3.42. The molecule has 2 aliphatic heterocycles. The maximum Gasteiger partial charge on any atom is 0.309 e. The zero-order valence-corrected chi connectivity index (χ0v) is 18.4. The van der Waals surface area contributed by atoms with Gasteiger partial charge in [0.1, 0.15) is 10.8 Å². The van der Waals surface area contributed by atoms with Crippen LogP contribution in [0, 0.1) is 12.3 Å². The summed E-state index contributed by atoms with van der Waals surface area (Å²) in [7, 11) is -3.72. The molecule has 4 heterocycles. The van der Waals surface area contributed by atoms with Crippen LogP contribution in [0.4, 0.5) is 0 Å². The van der Waals surface area contributed by atoms with Gasteiger partial charge in [-0.3, -0.25) is 4.79 Å². The van der Waals surface area contributed by atoms with E-state index in [1.807, 2.05) is 0 Å². The monoisotopic (exact) mass is 453 g/mol. The number of fused-ring (bicyclic) bond motifs is 2. The molecule has 5 rings (SSSR count). The van der Waals surface area contributed by atoms with Crippen molar-refractivity contribution in [2.75, 3.05) is 26.2 Å². The normalized spacial score (nSPS) is 19.6. The Labute approximate surface area is 185 Å². The van der Waals surface area contributed by atoms with Crippen LogP contribution < -0.4 is 5.32 Å². The number of terminal acetylenes is 1. The van der Waals surface area contributed by atoms with Crippen molar-refractivity contribution in [2.45, 2.75) is 31.0 Å². The Balaban J connectivity index is 1.29. The molecule has 2 aliphatic rings. The number of benzene rings is 1. The first-order valence-electron chi connectivity index (χ1n) is 10.5. The standard InChI is InChI=1S/C22H23N5O4S/c1-3-15-4-5-17-16(11-15)12-20(24-17)32(29,30)27-8-6-26(7-9-27)22(28)21-25-18-10-14(2)23-13-19(18)31-21/h1,4-5,11-12,14,23-24H,6-10,13H2,2H3. The minimum atomic E-state index is -3.72. The van der Waals surface area contributed by atoms with Gasteiger partial charge in [-0.2, -0.15) is 4.31 Å². The molecule has 2 N–H and O–H groups in total. The zero-order chi connectivity index (χ0) is 22.5. The molecular weight excluding hydrogens is 430 g/mol. The first kappa shape index (κ1) is 20.8. The minimum Gasteiger partial charge on any atom is -0.436 e. The first-order valence-corrected chi connectivity index (χ1v) is 11.9. The summed E-state index contributed by atoms with van der Waals surface area (Å²) in [5.74, 6) is 3.01. The SMILES string of the molecule is C#Cc1ccc2[nH]c(S(=O)(=O)N3CCN(C(=O)c4nc5c(o4)CNC(C)C5)CC3)cc2c1. The van der Waals surface area contributed by atoms with Crippen LogP contribution in [0.5, 0.6) is 0 Å². The molecule has 0 bridgehead atoms. The number of amides is 1. The highest BCUT2D eigenvalue weighted by molar-refractivity contribution is 7.89. The van der Waals surface area contributed by atoms with Gasteiger partial charge in [-0.25, -0.2) is 13.4 Å². The number of sulfonamides is 1. The number of aromatic nitrogens is 2. The van der Waals surface area contributed by atoms with E-state index in [0.29, 0.717) is 29.8 Å². The number of aromatic amines is 1. The van der Waals surface area contributed by atoms with E-state index in [2.05, 4.69) is 28.1 Å². The van der Waals surface area contributed by atoms with Crippen LogP contribution in [-0.4, -0.2) is 65.7 Å². The Morgan fingerprint density at radius 3 is 2.78 bits per heavy atom. The van der Waals surface area contributed by atoms with Crippen LogP contribution in [0.2, 0.25) is 0 Å². The van der Waals surface area contributed by atoms with E-state index in [-0.39, 0.29) is 49.0 Å². The minimum absolute atomic E-state index is 0.0714. The Morgan fingerprint density at radius 2 is 2.03 bits per heavy atom. The van der Waals surface area contributed by atoms with Crippen molar-refractivity contribution in [1.29, 1.82) is 0 Å². The molecule has 0 aliphatic carbocycles. The van der Waals surface area contributed by atoms with Crippen molar-refractivity contribution in [3.8, 4) is 12.3 Å². The molecule has 0 spiro atoms. The van der Waals surface area contributed by atoms with Gasteiger partial charge in [0.2, 0.25) is 0 Å². The molecule has 0 radical (unpaired) electrons. The maximum atomic E-state index is 13.1. The van der Waals surface area contributed by atoms with Gasteiger partial charge in [0.25, 0.3) is 15.9 Å². The molecule has 9 nitrogen and oxygen atoms in total. The van der Waals surface area contributed by atoms with Crippen molar-refractivity contribution in [2.24, 2.45) is 0 Å². The lowest BCUT2D eigenvalue weighted by Crippen LogP contribution is -2.50. The first-order chi connectivity index (χ1) is 15.3. The highest BCUT2D eigenvalue weighted by atomic mass is 32.2. The van der Waals surface area contributed by atoms with E-state index < -0.39 is 10.0 Å². The van der Waals surface area contributed by atoms with Gasteiger partial charge in [-0.05, 0) is 31.2 Å². The van der Waals surface area contributed by atoms with Crippen molar-refractivity contribution in [3.05, 3.63) is 47.2 Å². The predicted octanol–water partition coefficient (Wildman–Crippen LogP) is 1.32. The van der Waals surface area contributed by atoms with E-state index in [0.717, 1.165) is 11.1 Å². The Bertz CT molecular complexity index is 1340. The highest BCUT2D eigenvalue weighted by Gasteiger charge is 2.33. The van der Waals surface area contributed by atoms with Gasteiger partial charge < -0.3 is 19.6 Å². The molecule has 1 amide bonds. The molecule has 1 saturated heterocycles. The van der Waals surface area contributed by atoms with Crippen LogP contribution in [0.25, 0.3) is 10.9 Å². The van der Waals surface area contributed by atoms with Crippen LogP contribution in [0.1, 0.15) is 34.6 Å². The van der Waals surface area contributed by atoms with Crippen LogP contribution in [0.3, 0.4) is 0 Å². The molecule has 3 aromatic rings. The van der Waals surface area contributed by atoms with Gasteiger partial charge in [0, 0.05) is 55.1 Å². The van der Waals surface area contributed by atoms with Gasteiger partial charge in [0.05, 0.1) is 12.2 Å².